The zero-order valence-corrected chi connectivity index (χ0v) is 23.3. The monoisotopic (exact) mass is 577 g/mol. The number of nitrogens with one attached hydrogen (secondary N) is 2. The molecule has 2 aromatic rings. The summed E-state index contributed by atoms with van der Waals surface area (Å²) < 4.78 is 70.9. The van der Waals surface area contributed by atoms with E-state index in [2.05, 4.69) is 20.6 Å². The number of thiazole rings is 1. The van der Waals surface area contributed by atoms with Crippen molar-refractivity contribution in [3.8, 4) is 10.4 Å². The van der Waals surface area contributed by atoms with Crippen molar-refractivity contribution in [1.82, 2.24) is 20.2 Å². The minimum Gasteiger partial charge on any atom is -0.389 e. The molecule has 3 heterocycles. The highest BCUT2D eigenvalue weighted by Crippen LogP contribution is 2.43. The maximum absolute atomic E-state index is 14.3. The standard InChI is InChI=1S/C25H32F5N5O3S/c1-7-22(3,4)34-16-8-15(25(28,29)30)14(10-31-16)18-17(21(37)35-12-24(26,27)9-13(35)2)33-20(39-18)19(36)32-11-23(5,6)38/h8,10,13,38H,7,9,11-12H2,1-6H3,(H,31,34)(H,32,36). The lowest BCUT2D eigenvalue weighted by Crippen LogP contribution is -2.38. The van der Waals surface area contributed by atoms with Gasteiger partial charge in [0, 0.05) is 36.3 Å². The molecule has 1 aliphatic heterocycles. The van der Waals surface area contributed by atoms with Crippen LogP contribution in [0.15, 0.2) is 12.3 Å². The first-order chi connectivity index (χ1) is 17.7. The lowest BCUT2D eigenvalue weighted by atomic mass is 10.0. The van der Waals surface area contributed by atoms with Gasteiger partial charge in [0.1, 0.15) is 11.5 Å². The SMILES string of the molecule is CCC(C)(C)Nc1cc(C(F)(F)F)c(-c2sc(C(=O)NCC(C)(C)O)nc2C(=O)N2CC(F)(F)CC2C)cn1. The smallest absolute Gasteiger partial charge is 0.389 e. The molecule has 14 heteroatoms. The average molecular weight is 578 g/mol. The summed E-state index contributed by atoms with van der Waals surface area (Å²) in [4.78, 5) is 34.8. The van der Waals surface area contributed by atoms with Crippen LogP contribution in [-0.2, 0) is 6.18 Å². The summed E-state index contributed by atoms with van der Waals surface area (Å²) in [6.07, 6.45) is -3.97. The molecule has 0 spiro atoms. The number of hydrogen-bond acceptors (Lipinski definition) is 7. The molecule has 216 valence electrons. The summed E-state index contributed by atoms with van der Waals surface area (Å²) in [5.41, 5.74) is -4.06. The first-order valence-electron chi connectivity index (χ1n) is 12.3. The van der Waals surface area contributed by atoms with Gasteiger partial charge in [-0.1, -0.05) is 6.92 Å². The van der Waals surface area contributed by atoms with E-state index >= 15 is 0 Å². The van der Waals surface area contributed by atoms with E-state index in [0.29, 0.717) is 17.8 Å². The van der Waals surface area contributed by atoms with E-state index in [4.69, 9.17) is 0 Å². The molecule has 2 aromatic heterocycles. The number of hydrogen-bond donors (Lipinski definition) is 3. The van der Waals surface area contributed by atoms with Crippen LogP contribution in [0.25, 0.3) is 10.4 Å². The molecule has 0 radical (unpaired) electrons. The van der Waals surface area contributed by atoms with Gasteiger partial charge in [-0.3, -0.25) is 9.59 Å². The zero-order chi connectivity index (χ0) is 29.6. The van der Waals surface area contributed by atoms with E-state index in [1.165, 1.54) is 20.8 Å². The number of amides is 2. The highest BCUT2D eigenvalue weighted by Gasteiger charge is 2.46. The molecule has 0 bridgehead atoms. The maximum atomic E-state index is 14.3. The van der Waals surface area contributed by atoms with Crippen LogP contribution in [0.5, 0.6) is 0 Å². The van der Waals surface area contributed by atoms with Gasteiger partial charge in [0.15, 0.2) is 5.01 Å². The Morgan fingerprint density at radius 2 is 1.87 bits per heavy atom. The van der Waals surface area contributed by atoms with Gasteiger partial charge in [-0.15, -0.1) is 11.3 Å². The Kier molecular flexibility index (Phi) is 8.34. The maximum Gasteiger partial charge on any atom is 0.417 e. The van der Waals surface area contributed by atoms with E-state index in [9.17, 15) is 36.6 Å². The molecule has 1 atom stereocenters. The van der Waals surface area contributed by atoms with E-state index in [1.54, 1.807) is 13.8 Å². The quantitative estimate of drug-likeness (QED) is 0.373. The largest absolute Gasteiger partial charge is 0.417 e. The molecule has 8 nitrogen and oxygen atoms in total. The van der Waals surface area contributed by atoms with Crippen LogP contribution in [0, 0.1) is 0 Å². The molecule has 3 N–H and O–H groups in total. The molecule has 1 saturated heterocycles. The second-order valence-electron chi connectivity index (χ2n) is 11.0. The molecular formula is C25H32F5N5O3S. The summed E-state index contributed by atoms with van der Waals surface area (Å²) >= 11 is 0.513. The first kappa shape index (κ1) is 30.7. The third-order valence-electron chi connectivity index (χ3n) is 6.30. The fourth-order valence-electron chi connectivity index (χ4n) is 3.91. The van der Waals surface area contributed by atoms with Crippen molar-refractivity contribution in [2.24, 2.45) is 0 Å². The lowest BCUT2D eigenvalue weighted by Gasteiger charge is -2.26. The average Bonchev–Trinajstić information content (AvgIpc) is 3.36. The van der Waals surface area contributed by atoms with E-state index in [-0.39, 0.29) is 22.2 Å². The highest BCUT2D eigenvalue weighted by atomic mass is 32.1. The van der Waals surface area contributed by atoms with E-state index < -0.39 is 70.9 Å². The number of nitrogens with zero attached hydrogens (tertiary/aromatic N) is 3. The number of anilines is 1. The molecular weight excluding hydrogens is 545 g/mol. The Bertz CT molecular complexity index is 1240. The Balaban J connectivity index is 2.15. The van der Waals surface area contributed by atoms with Gasteiger partial charge in [0.25, 0.3) is 17.7 Å². The van der Waals surface area contributed by atoms with Crippen molar-refractivity contribution in [3.63, 3.8) is 0 Å². The molecule has 0 aliphatic carbocycles. The third kappa shape index (κ3) is 7.41. The van der Waals surface area contributed by atoms with E-state index in [1.807, 2.05) is 6.92 Å². The lowest BCUT2D eigenvalue weighted by molar-refractivity contribution is -0.137. The van der Waals surface area contributed by atoms with Gasteiger partial charge in [0.05, 0.1) is 22.6 Å². The number of likely N-dealkylation sites (tertiary alicyclic amines) is 1. The Hall–Kier alpha value is -2.87. The molecule has 0 saturated carbocycles. The van der Waals surface area contributed by atoms with Crippen LogP contribution in [0.3, 0.4) is 0 Å². The number of aliphatic hydroxyl groups is 1. The molecule has 1 unspecified atom stereocenters. The van der Waals surface area contributed by atoms with E-state index in [0.717, 1.165) is 17.2 Å². The minimum absolute atomic E-state index is 0.0498. The summed E-state index contributed by atoms with van der Waals surface area (Å²) in [7, 11) is 0. The molecule has 2 amide bonds. The topological polar surface area (TPSA) is 107 Å². The fraction of sp³-hybridized carbons (Fsp3) is 0.600. The van der Waals surface area contributed by atoms with Gasteiger partial charge < -0.3 is 20.6 Å². The van der Waals surface area contributed by atoms with Gasteiger partial charge in [0.2, 0.25) is 0 Å². The number of halogens is 5. The summed E-state index contributed by atoms with van der Waals surface area (Å²) in [5, 5.41) is 14.9. The second-order valence-corrected chi connectivity index (χ2v) is 12.0. The summed E-state index contributed by atoms with van der Waals surface area (Å²) in [6.45, 7) is 8.58. The van der Waals surface area contributed by atoms with Gasteiger partial charge in [-0.25, -0.2) is 18.7 Å². The predicted octanol–water partition coefficient (Wildman–Crippen LogP) is 5.19. The highest BCUT2D eigenvalue weighted by molar-refractivity contribution is 7.17. The molecule has 1 aliphatic rings. The van der Waals surface area contributed by atoms with Crippen LogP contribution in [0.1, 0.15) is 80.2 Å². The minimum atomic E-state index is -4.88. The third-order valence-corrected chi connectivity index (χ3v) is 7.39. The van der Waals surface area contributed by atoms with Crippen LogP contribution in [0.4, 0.5) is 27.8 Å². The van der Waals surface area contributed by atoms with Gasteiger partial charge in [-0.2, -0.15) is 13.2 Å². The number of pyridine rings is 1. The van der Waals surface area contributed by atoms with Crippen molar-refractivity contribution in [1.29, 1.82) is 0 Å². The van der Waals surface area contributed by atoms with Crippen LogP contribution < -0.4 is 10.6 Å². The van der Waals surface area contributed by atoms with Crippen LogP contribution in [0.2, 0.25) is 0 Å². The summed E-state index contributed by atoms with van der Waals surface area (Å²) in [5.74, 6) is -5.08. The van der Waals surface area contributed by atoms with Crippen molar-refractivity contribution in [3.05, 3.63) is 28.5 Å². The Labute approximate surface area is 227 Å². The normalized spacial score (nSPS) is 17.8. The number of carbonyl (C=O) groups excluding carboxylic acids is 2. The van der Waals surface area contributed by atoms with Crippen LogP contribution in [-0.4, -0.2) is 68.0 Å². The van der Waals surface area contributed by atoms with Gasteiger partial charge >= 0.3 is 6.18 Å². The number of alkyl halides is 5. The molecule has 39 heavy (non-hydrogen) atoms. The van der Waals surface area contributed by atoms with Crippen LogP contribution >= 0.6 is 11.3 Å². The number of aromatic nitrogens is 2. The van der Waals surface area contributed by atoms with Crippen molar-refractivity contribution >= 4 is 29.0 Å². The molecule has 0 aromatic carbocycles. The zero-order valence-electron chi connectivity index (χ0n) is 22.5. The summed E-state index contributed by atoms with van der Waals surface area (Å²) in [6, 6.07) is -0.0981. The fourth-order valence-corrected chi connectivity index (χ4v) is 4.91. The predicted molar refractivity (Wildman–Crippen MR) is 137 cm³/mol. The second kappa shape index (κ2) is 10.6. The molecule has 1 fully saturated rings. The number of carbonyl (C=O) groups is 2. The van der Waals surface area contributed by atoms with Gasteiger partial charge in [-0.05, 0) is 47.1 Å². The Morgan fingerprint density at radius 3 is 2.38 bits per heavy atom. The molecule has 3 rings (SSSR count). The number of rotatable bonds is 8. The van der Waals surface area contributed by atoms with Crippen molar-refractivity contribution < 1.29 is 36.6 Å². The van der Waals surface area contributed by atoms with Crippen molar-refractivity contribution in [2.45, 2.75) is 83.7 Å². The van der Waals surface area contributed by atoms with Crippen molar-refractivity contribution in [2.75, 3.05) is 18.4 Å². The Morgan fingerprint density at radius 1 is 1.23 bits per heavy atom. The first-order valence-corrected chi connectivity index (χ1v) is 13.1.